The van der Waals surface area contributed by atoms with E-state index in [1.165, 1.54) is 38.8 Å². The van der Waals surface area contributed by atoms with E-state index < -0.39 is 0 Å². The smallest absolute Gasteiger partial charge is 0.0102 e. The minimum absolute atomic E-state index is 0.350. The lowest BCUT2D eigenvalue weighted by atomic mass is 9.83. The van der Waals surface area contributed by atoms with E-state index in [-0.39, 0.29) is 0 Å². The second-order valence-electron chi connectivity index (χ2n) is 7.90. The van der Waals surface area contributed by atoms with Gasteiger partial charge < -0.3 is 10.2 Å². The molecule has 4 unspecified atom stereocenters. The van der Waals surface area contributed by atoms with Gasteiger partial charge in [0.2, 0.25) is 0 Å². The van der Waals surface area contributed by atoms with Crippen LogP contribution in [0.15, 0.2) is 0 Å². The molecule has 1 N–H and O–H groups in total. The summed E-state index contributed by atoms with van der Waals surface area (Å²) >= 11 is 0. The zero-order chi connectivity index (χ0) is 14.0. The van der Waals surface area contributed by atoms with Crippen LogP contribution in [0.1, 0.15) is 53.4 Å². The summed E-state index contributed by atoms with van der Waals surface area (Å²) in [7, 11) is 2.33. The lowest BCUT2D eigenvalue weighted by molar-refractivity contribution is 0.136. The van der Waals surface area contributed by atoms with Crippen molar-refractivity contribution in [2.75, 3.05) is 26.7 Å². The van der Waals surface area contributed by atoms with Crippen LogP contribution in [0, 0.1) is 23.2 Å². The van der Waals surface area contributed by atoms with Crippen molar-refractivity contribution >= 4 is 0 Å². The van der Waals surface area contributed by atoms with Crippen LogP contribution in [-0.4, -0.2) is 37.6 Å². The van der Waals surface area contributed by atoms with Crippen molar-refractivity contribution < 1.29 is 0 Å². The van der Waals surface area contributed by atoms with Gasteiger partial charge in [0.25, 0.3) is 0 Å². The first-order valence-electron chi connectivity index (χ1n) is 8.34. The largest absolute Gasteiger partial charge is 0.314 e. The fraction of sp³-hybridized carbons (Fsp3) is 1.00. The molecular formula is C17H34N2. The van der Waals surface area contributed by atoms with Crippen molar-refractivity contribution in [1.82, 2.24) is 10.2 Å². The van der Waals surface area contributed by atoms with Gasteiger partial charge in [-0.25, -0.2) is 0 Å². The fourth-order valence-electron chi connectivity index (χ4n) is 4.48. The van der Waals surface area contributed by atoms with Gasteiger partial charge in [0.05, 0.1) is 0 Å². The Morgan fingerprint density at radius 3 is 2.53 bits per heavy atom. The number of fused-ring (bicyclic) bond motifs is 2. The van der Waals surface area contributed by atoms with E-state index >= 15 is 0 Å². The van der Waals surface area contributed by atoms with Gasteiger partial charge >= 0.3 is 0 Å². The molecule has 0 aromatic rings. The predicted molar refractivity (Wildman–Crippen MR) is 83.4 cm³/mol. The molecule has 2 nitrogen and oxygen atoms in total. The summed E-state index contributed by atoms with van der Waals surface area (Å²) in [5.41, 5.74) is 0.350. The zero-order valence-electron chi connectivity index (χ0n) is 13.7. The van der Waals surface area contributed by atoms with Crippen LogP contribution in [0.2, 0.25) is 0 Å². The number of hydrogen-bond donors (Lipinski definition) is 1. The zero-order valence-corrected chi connectivity index (χ0v) is 13.7. The van der Waals surface area contributed by atoms with Crippen LogP contribution in [0.4, 0.5) is 0 Å². The molecule has 0 spiro atoms. The number of nitrogens with zero attached hydrogens (tertiary/aromatic N) is 1. The topological polar surface area (TPSA) is 15.3 Å². The molecule has 2 fully saturated rings. The first-order valence-corrected chi connectivity index (χ1v) is 8.34. The first kappa shape index (κ1) is 15.3. The van der Waals surface area contributed by atoms with Gasteiger partial charge in [-0.1, -0.05) is 27.2 Å². The van der Waals surface area contributed by atoms with Crippen LogP contribution >= 0.6 is 0 Å². The second kappa shape index (κ2) is 6.13. The molecule has 19 heavy (non-hydrogen) atoms. The molecule has 112 valence electrons. The molecule has 0 saturated heterocycles. The van der Waals surface area contributed by atoms with Crippen LogP contribution < -0.4 is 5.32 Å². The summed E-state index contributed by atoms with van der Waals surface area (Å²) in [5.74, 6) is 3.13. The van der Waals surface area contributed by atoms with Crippen LogP contribution in [0.25, 0.3) is 0 Å². The van der Waals surface area contributed by atoms with Crippen LogP contribution in [0.5, 0.6) is 0 Å². The monoisotopic (exact) mass is 266 g/mol. The van der Waals surface area contributed by atoms with Crippen LogP contribution in [-0.2, 0) is 0 Å². The Hall–Kier alpha value is -0.0800. The highest BCUT2D eigenvalue weighted by molar-refractivity contribution is 4.92. The summed E-state index contributed by atoms with van der Waals surface area (Å²) in [6, 6.07) is 0.583. The van der Waals surface area contributed by atoms with Crippen molar-refractivity contribution in [3.63, 3.8) is 0 Å². The van der Waals surface area contributed by atoms with Crippen molar-refractivity contribution in [2.45, 2.75) is 59.4 Å². The standard InChI is InChI=1S/C17H34N2/c1-6-18-13(2)17(3,4)12-19(5)11-16-10-14-7-8-15(16)9-14/h13-16,18H,6-12H2,1-5H3. The van der Waals surface area contributed by atoms with Crippen LogP contribution in [0.3, 0.4) is 0 Å². The third kappa shape index (κ3) is 3.72. The molecule has 0 radical (unpaired) electrons. The van der Waals surface area contributed by atoms with Gasteiger partial charge in [-0.3, -0.25) is 0 Å². The molecule has 4 atom stereocenters. The lowest BCUT2D eigenvalue weighted by Crippen LogP contribution is -2.46. The number of rotatable bonds is 7. The summed E-state index contributed by atoms with van der Waals surface area (Å²) in [4.78, 5) is 2.60. The Morgan fingerprint density at radius 2 is 2.00 bits per heavy atom. The Labute approximate surface area is 120 Å². The fourth-order valence-corrected chi connectivity index (χ4v) is 4.48. The quantitative estimate of drug-likeness (QED) is 0.760. The van der Waals surface area contributed by atoms with Gasteiger partial charge in [-0.15, -0.1) is 0 Å². The maximum Gasteiger partial charge on any atom is 0.0102 e. The van der Waals surface area contributed by atoms with E-state index in [1.54, 1.807) is 0 Å². The molecule has 0 aromatic heterocycles. The number of hydrogen-bond acceptors (Lipinski definition) is 2. The number of nitrogens with one attached hydrogen (secondary N) is 1. The summed E-state index contributed by atoms with van der Waals surface area (Å²) in [6.45, 7) is 12.9. The Balaban J connectivity index is 1.78. The van der Waals surface area contributed by atoms with Gasteiger partial charge in [0.1, 0.15) is 0 Å². The lowest BCUT2D eigenvalue weighted by Gasteiger charge is -2.37. The third-order valence-corrected chi connectivity index (χ3v) is 5.79. The molecule has 2 aliphatic rings. The van der Waals surface area contributed by atoms with E-state index in [0.717, 1.165) is 24.3 Å². The molecule has 0 heterocycles. The van der Waals surface area contributed by atoms with E-state index in [1.807, 2.05) is 0 Å². The molecule has 0 amide bonds. The first-order chi connectivity index (χ1) is 8.92. The summed E-state index contributed by atoms with van der Waals surface area (Å²) in [5, 5.41) is 3.59. The molecule has 0 aliphatic heterocycles. The van der Waals surface area contributed by atoms with E-state index in [2.05, 4.69) is 45.0 Å². The van der Waals surface area contributed by atoms with Gasteiger partial charge in [-0.2, -0.15) is 0 Å². The molecule has 2 bridgehead atoms. The van der Waals surface area contributed by atoms with Gasteiger partial charge in [0, 0.05) is 19.1 Å². The van der Waals surface area contributed by atoms with E-state index in [0.29, 0.717) is 11.5 Å². The van der Waals surface area contributed by atoms with Crippen molar-refractivity contribution in [3.05, 3.63) is 0 Å². The molecular weight excluding hydrogens is 232 g/mol. The highest BCUT2D eigenvalue weighted by Crippen LogP contribution is 2.48. The molecule has 2 saturated carbocycles. The molecule has 2 aliphatic carbocycles. The summed E-state index contributed by atoms with van der Waals surface area (Å²) < 4.78 is 0. The second-order valence-corrected chi connectivity index (χ2v) is 7.90. The maximum atomic E-state index is 3.59. The van der Waals surface area contributed by atoms with Crippen molar-refractivity contribution in [2.24, 2.45) is 23.2 Å². The Bertz CT molecular complexity index is 287. The molecule has 0 aromatic carbocycles. The normalized spacial score (nSPS) is 32.2. The highest BCUT2D eigenvalue weighted by Gasteiger charge is 2.40. The Kier molecular flexibility index (Phi) is 4.94. The van der Waals surface area contributed by atoms with Crippen molar-refractivity contribution in [1.29, 1.82) is 0 Å². The van der Waals surface area contributed by atoms with Gasteiger partial charge in [-0.05, 0) is 62.9 Å². The Morgan fingerprint density at radius 1 is 1.26 bits per heavy atom. The van der Waals surface area contributed by atoms with Gasteiger partial charge in [0.15, 0.2) is 0 Å². The molecule has 2 heteroatoms. The van der Waals surface area contributed by atoms with Crippen molar-refractivity contribution in [3.8, 4) is 0 Å². The SMILES string of the molecule is CCNC(C)C(C)(C)CN(C)CC1CC2CCC1C2. The average molecular weight is 266 g/mol. The highest BCUT2D eigenvalue weighted by atomic mass is 15.1. The predicted octanol–water partition coefficient (Wildman–Crippen LogP) is 3.38. The minimum Gasteiger partial charge on any atom is -0.314 e. The van der Waals surface area contributed by atoms with E-state index in [9.17, 15) is 0 Å². The van der Waals surface area contributed by atoms with E-state index in [4.69, 9.17) is 0 Å². The molecule has 2 rings (SSSR count). The minimum atomic E-state index is 0.350. The summed E-state index contributed by atoms with van der Waals surface area (Å²) in [6.07, 6.45) is 6.09. The maximum absolute atomic E-state index is 3.59. The third-order valence-electron chi connectivity index (χ3n) is 5.79. The average Bonchev–Trinajstić information content (AvgIpc) is 2.90.